The molecular weight excluding hydrogens is 320 g/mol. The third-order valence-electron chi connectivity index (χ3n) is 3.44. The highest BCUT2D eigenvalue weighted by molar-refractivity contribution is 5.94. The van der Waals surface area contributed by atoms with Crippen molar-refractivity contribution in [1.82, 2.24) is 20.1 Å². The number of nitrogens with one attached hydrogen (secondary N) is 1. The van der Waals surface area contributed by atoms with Crippen LogP contribution in [0, 0.1) is 0 Å². The summed E-state index contributed by atoms with van der Waals surface area (Å²) in [6.45, 7) is 0.292. The Balaban J connectivity index is 1.55. The highest BCUT2D eigenvalue weighted by Crippen LogP contribution is 2.14. The van der Waals surface area contributed by atoms with E-state index in [-0.39, 0.29) is 19.1 Å². The summed E-state index contributed by atoms with van der Waals surface area (Å²) >= 11 is 0. The van der Waals surface area contributed by atoms with E-state index >= 15 is 0 Å². The van der Waals surface area contributed by atoms with Crippen LogP contribution in [0.15, 0.2) is 67.3 Å². The predicted octanol–water partition coefficient (Wildman–Crippen LogP) is 1.85. The summed E-state index contributed by atoms with van der Waals surface area (Å²) in [5.74, 6) is -0.709. The minimum Gasteiger partial charge on any atom is -0.460 e. The van der Waals surface area contributed by atoms with Gasteiger partial charge in [-0.05, 0) is 30.3 Å². The van der Waals surface area contributed by atoms with E-state index in [4.69, 9.17) is 4.74 Å². The Morgan fingerprint density at radius 3 is 2.60 bits per heavy atom. The van der Waals surface area contributed by atoms with E-state index in [0.717, 1.165) is 0 Å². The van der Waals surface area contributed by atoms with Gasteiger partial charge in [0.15, 0.2) is 0 Å². The van der Waals surface area contributed by atoms with Crippen molar-refractivity contribution in [2.24, 2.45) is 0 Å². The van der Waals surface area contributed by atoms with Gasteiger partial charge in [0.05, 0.1) is 17.8 Å². The molecule has 0 unspecified atom stereocenters. The zero-order chi connectivity index (χ0) is 17.5. The van der Waals surface area contributed by atoms with Gasteiger partial charge in [-0.2, -0.15) is 5.10 Å². The molecule has 0 saturated heterocycles. The molecule has 1 amide bonds. The fraction of sp³-hybridized carbons (Fsp3) is 0.111. The van der Waals surface area contributed by atoms with Crippen molar-refractivity contribution in [3.63, 3.8) is 0 Å². The zero-order valence-corrected chi connectivity index (χ0v) is 13.3. The number of aromatic nitrogens is 3. The first-order valence-electron chi connectivity index (χ1n) is 7.70. The van der Waals surface area contributed by atoms with Crippen LogP contribution in [-0.4, -0.2) is 39.8 Å². The summed E-state index contributed by atoms with van der Waals surface area (Å²) in [5, 5.41) is 6.82. The van der Waals surface area contributed by atoms with Gasteiger partial charge >= 0.3 is 5.97 Å². The van der Waals surface area contributed by atoms with E-state index in [0.29, 0.717) is 16.8 Å². The number of esters is 1. The summed E-state index contributed by atoms with van der Waals surface area (Å²) < 4.78 is 6.84. The molecule has 2 aromatic heterocycles. The molecule has 7 nitrogen and oxygen atoms in total. The van der Waals surface area contributed by atoms with Crippen LogP contribution in [0.3, 0.4) is 0 Å². The number of benzene rings is 1. The van der Waals surface area contributed by atoms with Crippen LogP contribution < -0.4 is 5.32 Å². The number of rotatable bonds is 6. The van der Waals surface area contributed by atoms with Gasteiger partial charge in [-0.3, -0.25) is 9.78 Å². The third-order valence-corrected chi connectivity index (χ3v) is 3.44. The van der Waals surface area contributed by atoms with E-state index in [9.17, 15) is 9.59 Å². The molecule has 25 heavy (non-hydrogen) atoms. The number of pyridine rings is 1. The smallest absolute Gasteiger partial charge is 0.340 e. The Kier molecular flexibility index (Phi) is 5.16. The van der Waals surface area contributed by atoms with Crippen molar-refractivity contribution in [3.05, 3.63) is 78.4 Å². The molecule has 0 radical (unpaired) electrons. The Bertz CT molecular complexity index is 848. The molecule has 0 aliphatic carbocycles. The second-order valence-electron chi connectivity index (χ2n) is 5.10. The topological polar surface area (TPSA) is 86.1 Å². The summed E-state index contributed by atoms with van der Waals surface area (Å²) in [7, 11) is 0. The van der Waals surface area contributed by atoms with Crippen molar-refractivity contribution in [2.75, 3.05) is 13.2 Å². The van der Waals surface area contributed by atoms with E-state index in [1.54, 1.807) is 65.9 Å². The van der Waals surface area contributed by atoms with E-state index < -0.39 is 5.97 Å². The molecule has 0 fully saturated rings. The van der Waals surface area contributed by atoms with Gasteiger partial charge < -0.3 is 10.1 Å². The second kappa shape index (κ2) is 7.87. The first-order chi connectivity index (χ1) is 12.3. The van der Waals surface area contributed by atoms with Crippen molar-refractivity contribution >= 4 is 11.9 Å². The normalized spacial score (nSPS) is 10.2. The highest BCUT2D eigenvalue weighted by Gasteiger charge is 2.14. The molecule has 7 heteroatoms. The monoisotopic (exact) mass is 336 g/mol. The molecule has 3 rings (SSSR count). The van der Waals surface area contributed by atoms with E-state index in [1.807, 2.05) is 6.07 Å². The molecule has 3 aromatic rings. The number of amides is 1. The lowest BCUT2D eigenvalue weighted by atomic mass is 10.2. The van der Waals surface area contributed by atoms with Crippen LogP contribution in [0.25, 0.3) is 5.69 Å². The summed E-state index contributed by atoms with van der Waals surface area (Å²) in [5.41, 5.74) is 1.55. The average Bonchev–Trinajstić information content (AvgIpc) is 3.20. The Morgan fingerprint density at radius 1 is 1.04 bits per heavy atom. The van der Waals surface area contributed by atoms with Crippen molar-refractivity contribution in [1.29, 1.82) is 0 Å². The van der Waals surface area contributed by atoms with Crippen LogP contribution in [0.5, 0.6) is 0 Å². The number of hydrogen-bond donors (Lipinski definition) is 1. The molecule has 0 spiro atoms. The number of nitrogens with zero attached hydrogens (tertiary/aromatic N) is 3. The summed E-state index contributed by atoms with van der Waals surface area (Å²) in [6.07, 6.45) is 6.47. The van der Waals surface area contributed by atoms with Gasteiger partial charge in [-0.15, -0.1) is 0 Å². The Morgan fingerprint density at radius 2 is 1.84 bits per heavy atom. The van der Waals surface area contributed by atoms with Crippen molar-refractivity contribution < 1.29 is 14.3 Å². The molecule has 0 bridgehead atoms. The van der Waals surface area contributed by atoms with Crippen LogP contribution in [0.4, 0.5) is 0 Å². The molecule has 0 atom stereocenters. The van der Waals surface area contributed by atoms with Gasteiger partial charge in [-0.1, -0.05) is 12.1 Å². The maximum atomic E-state index is 12.3. The van der Waals surface area contributed by atoms with Crippen molar-refractivity contribution in [2.45, 2.75) is 0 Å². The van der Waals surface area contributed by atoms with Crippen LogP contribution in [0.2, 0.25) is 0 Å². The lowest BCUT2D eigenvalue weighted by Crippen LogP contribution is -2.28. The zero-order valence-electron chi connectivity index (χ0n) is 13.3. The number of carbonyl (C=O) groups excluding carboxylic acids is 2. The van der Waals surface area contributed by atoms with Crippen LogP contribution in [-0.2, 0) is 4.74 Å². The van der Waals surface area contributed by atoms with Gasteiger partial charge in [0.2, 0.25) is 0 Å². The molecule has 0 aliphatic rings. The maximum absolute atomic E-state index is 12.3. The first-order valence-corrected chi connectivity index (χ1v) is 7.70. The number of para-hydroxylation sites is 1. The fourth-order valence-corrected chi connectivity index (χ4v) is 2.25. The molecule has 2 heterocycles. The van der Waals surface area contributed by atoms with Gasteiger partial charge in [0.25, 0.3) is 5.91 Å². The lowest BCUT2D eigenvalue weighted by Gasteiger charge is -2.10. The molecule has 0 saturated carbocycles. The number of hydrogen-bond acceptors (Lipinski definition) is 5. The van der Waals surface area contributed by atoms with Gasteiger partial charge in [0, 0.05) is 30.4 Å². The molecule has 126 valence electrons. The Labute approximate surface area is 144 Å². The molecule has 1 aromatic carbocycles. The standard InChI is InChI=1S/C18H16N4O3/c23-17(14-6-9-19-10-7-14)20-11-13-25-18(24)15-4-1-2-5-16(15)22-12-3-8-21-22/h1-10,12H,11,13H2,(H,20,23). The SMILES string of the molecule is O=C(NCCOC(=O)c1ccccc1-n1cccn1)c1ccncc1. The predicted molar refractivity (Wildman–Crippen MR) is 90.4 cm³/mol. The maximum Gasteiger partial charge on any atom is 0.340 e. The molecule has 1 N–H and O–H groups in total. The average molecular weight is 336 g/mol. The number of carbonyl (C=O) groups is 2. The van der Waals surface area contributed by atoms with E-state index in [1.165, 1.54) is 0 Å². The highest BCUT2D eigenvalue weighted by atomic mass is 16.5. The minimum absolute atomic E-state index is 0.0725. The minimum atomic E-state index is -0.468. The molecule has 0 aliphatic heterocycles. The van der Waals surface area contributed by atoms with Crippen molar-refractivity contribution in [3.8, 4) is 5.69 Å². The summed E-state index contributed by atoms with van der Waals surface area (Å²) in [6, 6.07) is 12.0. The fourth-order valence-electron chi connectivity index (χ4n) is 2.25. The Hall–Kier alpha value is -3.48. The van der Waals surface area contributed by atoms with E-state index in [2.05, 4.69) is 15.4 Å². The number of ether oxygens (including phenoxy) is 1. The third kappa shape index (κ3) is 4.08. The second-order valence-corrected chi connectivity index (χ2v) is 5.10. The largest absolute Gasteiger partial charge is 0.460 e. The lowest BCUT2D eigenvalue weighted by molar-refractivity contribution is 0.0503. The molecular formula is C18H16N4O3. The summed E-state index contributed by atoms with van der Waals surface area (Å²) in [4.78, 5) is 28.0. The van der Waals surface area contributed by atoms with Crippen LogP contribution in [0.1, 0.15) is 20.7 Å². The quantitative estimate of drug-likeness (QED) is 0.548. The van der Waals surface area contributed by atoms with Crippen LogP contribution >= 0.6 is 0 Å². The van der Waals surface area contributed by atoms with Gasteiger partial charge in [0.1, 0.15) is 6.61 Å². The first kappa shape index (κ1) is 16.4. The van der Waals surface area contributed by atoms with Gasteiger partial charge in [-0.25, -0.2) is 9.48 Å².